The first-order valence-corrected chi connectivity index (χ1v) is 12.5. The number of anilines is 2. The second-order valence-corrected chi connectivity index (χ2v) is 9.38. The van der Waals surface area contributed by atoms with E-state index >= 15 is 0 Å². The lowest BCUT2D eigenvalue weighted by molar-refractivity contribution is 0.368. The maximum absolute atomic E-state index is 4.74. The molecule has 33 heavy (non-hydrogen) atoms. The van der Waals surface area contributed by atoms with Crippen molar-refractivity contribution < 1.29 is 0 Å². The van der Waals surface area contributed by atoms with Gasteiger partial charge >= 0.3 is 0 Å². The van der Waals surface area contributed by atoms with Gasteiger partial charge in [0, 0.05) is 68.3 Å². The normalized spacial score (nSPS) is 19.0. The summed E-state index contributed by atoms with van der Waals surface area (Å²) in [5, 5.41) is 10.6. The number of piperazine rings is 1. The smallest absolute Gasteiger partial charge is 0.195 e. The fraction of sp³-hybridized carbons (Fsp3) is 0.346. The van der Waals surface area contributed by atoms with Gasteiger partial charge in [-0.2, -0.15) is 0 Å². The van der Waals surface area contributed by atoms with E-state index in [1.807, 2.05) is 36.4 Å². The summed E-state index contributed by atoms with van der Waals surface area (Å²) in [4.78, 5) is 8.11. The Hall–Kier alpha value is -2.74. The molecule has 2 aromatic rings. The fourth-order valence-corrected chi connectivity index (χ4v) is 4.71. The van der Waals surface area contributed by atoms with Crippen molar-refractivity contribution in [2.75, 3.05) is 50.4 Å². The van der Waals surface area contributed by atoms with Crippen molar-refractivity contribution in [1.82, 2.24) is 14.5 Å². The zero-order valence-corrected chi connectivity index (χ0v) is 20.3. The molecular formula is C26H34N6S. The highest BCUT2D eigenvalue weighted by molar-refractivity contribution is 7.97. The Kier molecular flexibility index (Phi) is 8.47. The van der Waals surface area contributed by atoms with Crippen molar-refractivity contribution in [3.05, 3.63) is 71.9 Å². The molecule has 2 aliphatic heterocycles. The molecule has 0 aromatic heterocycles. The third kappa shape index (κ3) is 6.87. The molecule has 7 heteroatoms. The largest absolute Gasteiger partial charge is 0.384 e. The van der Waals surface area contributed by atoms with Crippen LogP contribution in [0.1, 0.15) is 18.9 Å². The lowest BCUT2D eigenvalue weighted by Gasteiger charge is -2.29. The Labute approximate surface area is 202 Å². The average Bonchev–Trinajstić information content (AvgIpc) is 2.85. The number of hydrogen-bond donors (Lipinski definition) is 3. The van der Waals surface area contributed by atoms with E-state index in [0.717, 1.165) is 50.4 Å². The summed E-state index contributed by atoms with van der Waals surface area (Å²) in [5.41, 5.74) is 4.49. The van der Waals surface area contributed by atoms with Crippen molar-refractivity contribution in [1.29, 1.82) is 0 Å². The van der Waals surface area contributed by atoms with Crippen molar-refractivity contribution in [3.63, 3.8) is 0 Å². The zero-order chi connectivity index (χ0) is 22.9. The molecule has 0 aliphatic carbocycles. The van der Waals surface area contributed by atoms with Crippen LogP contribution in [0.5, 0.6) is 0 Å². The minimum atomic E-state index is -0.135. The second kappa shape index (κ2) is 11.9. The quantitative estimate of drug-likeness (QED) is 0.469. The topological polar surface area (TPSA) is 54.9 Å². The van der Waals surface area contributed by atoms with Gasteiger partial charge in [-0.15, -0.1) is 0 Å². The van der Waals surface area contributed by atoms with Crippen LogP contribution >= 0.6 is 11.9 Å². The lowest BCUT2D eigenvalue weighted by atomic mass is 10.1. The number of benzene rings is 2. The first kappa shape index (κ1) is 23.4. The highest BCUT2D eigenvalue weighted by Gasteiger charge is 2.17. The number of rotatable bonds is 9. The van der Waals surface area contributed by atoms with Crippen molar-refractivity contribution in [2.24, 2.45) is 4.99 Å². The molecule has 2 aliphatic rings. The molecule has 6 nitrogen and oxygen atoms in total. The van der Waals surface area contributed by atoms with Crippen LogP contribution in [0, 0.1) is 0 Å². The van der Waals surface area contributed by atoms with Crippen LogP contribution in [0.3, 0.4) is 0 Å². The summed E-state index contributed by atoms with van der Waals surface area (Å²) < 4.78 is 2.44. The van der Waals surface area contributed by atoms with Crippen molar-refractivity contribution >= 4 is 35.6 Å². The molecule has 2 heterocycles. The van der Waals surface area contributed by atoms with Crippen LogP contribution in [-0.4, -0.2) is 61.5 Å². The molecule has 174 valence electrons. The van der Waals surface area contributed by atoms with E-state index in [4.69, 9.17) is 4.99 Å². The monoisotopic (exact) mass is 462 g/mol. The third-order valence-corrected chi connectivity index (χ3v) is 6.69. The molecule has 0 amide bonds. The van der Waals surface area contributed by atoms with Crippen LogP contribution in [0.25, 0.3) is 6.08 Å². The highest BCUT2D eigenvalue weighted by atomic mass is 32.2. The molecule has 1 unspecified atom stereocenters. The summed E-state index contributed by atoms with van der Waals surface area (Å²) >= 11 is 1.85. The first-order chi connectivity index (χ1) is 16.2. The van der Waals surface area contributed by atoms with Gasteiger partial charge in [-0.25, -0.2) is 9.30 Å². The second-order valence-electron chi connectivity index (χ2n) is 8.24. The van der Waals surface area contributed by atoms with E-state index in [0.29, 0.717) is 0 Å². The van der Waals surface area contributed by atoms with Crippen molar-refractivity contribution in [3.8, 4) is 0 Å². The zero-order valence-electron chi connectivity index (χ0n) is 19.5. The Morgan fingerprint density at radius 2 is 1.94 bits per heavy atom. The van der Waals surface area contributed by atoms with E-state index in [1.54, 1.807) is 0 Å². The maximum Gasteiger partial charge on any atom is 0.195 e. The van der Waals surface area contributed by atoms with E-state index in [1.165, 1.54) is 16.1 Å². The molecule has 1 saturated heterocycles. The molecule has 1 atom stereocenters. The summed E-state index contributed by atoms with van der Waals surface area (Å²) in [6.45, 7) is 7.37. The number of nitrogens with zero attached hydrogens (tertiary/aromatic N) is 3. The molecule has 4 rings (SSSR count). The van der Waals surface area contributed by atoms with Crippen LogP contribution in [0.4, 0.5) is 11.4 Å². The van der Waals surface area contributed by atoms with Crippen LogP contribution in [0.2, 0.25) is 0 Å². The molecular weight excluding hydrogens is 428 g/mol. The average molecular weight is 463 g/mol. The van der Waals surface area contributed by atoms with Gasteiger partial charge in [0.05, 0.1) is 5.69 Å². The molecule has 1 fully saturated rings. The minimum absolute atomic E-state index is 0.135. The van der Waals surface area contributed by atoms with Crippen LogP contribution < -0.4 is 16.0 Å². The van der Waals surface area contributed by atoms with Crippen molar-refractivity contribution in [2.45, 2.75) is 24.5 Å². The molecule has 0 radical (unpaired) electrons. The molecule has 3 N–H and O–H groups in total. The lowest BCUT2D eigenvalue weighted by Crippen LogP contribution is -2.39. The predicted octanol–water partition coefficient (Wildman–Crippen LogP) is 4.73. The summed E-state index contributed by atoms with van der Waals surface area (Å²) in [6, 6.07) is 16.9. The van der Waals surface area contributed by atoms with E-state index in [-0.39, 0.29) is 6.29 Å². The summed E-state index contributed by atoms with van der Waals surface area (Å²) in [7, 11) is 2.05. The van der Waals surface area contributed by atoms with Gasteiger partial charge in [0.25, 0.3) is 0 Å². The summed E-state index contributed by atoms with van der Waals surface area (Å²) in [5.74, 6) is 0. The van der Waals surface area contributed by atoms with Gasteiger partial charge in [-0.3, -0.25) is 0 Å². The van der Waals surface area contributed by atoms with E-state index in [9.17, 15) is 0 Å². The van der Waals surface area contributed by atoms with Crippen LogP contribution in [0.15, 0.2) is 76.3 Å². The first-order valence-electron chi connectivity index (χ1n) is 11.7. The van der Waals surface area contributed by atoms with Gasteiger partial charge in [0.2, 0.25) is 0 Å². The van der Waals surface area contributed by atoms with Gasteiger partial charge in [0.15, 0.2) is 6.29 Å². The van der Waals surface area contributed by atoms with E-state index in [2.05, 4.69) is 87.8 Å². The standard InChI is InChI=1S/C26H34N6S/c1-3-13-28-24-18-23(11-12-25(24)33-32-16-14-27-15-17-32)30-26-29-19-22(20-31(26)2)10-9-21-7-5-4-6-8-21/h4-12,18-20,26-28,30H,3,13-17H2,1-2H3/b10-9+. The molecule has 0 saturated carbocycles. The maximum atomic E-state index is 4.74. The number of allylic oxidation sites excluding steroid dienone is 2. The number of hydrogen-bond acceptors (Lipinski definition) is 7. The SMILES string of the molecule is CCCNc1cc(NC2N=CC(/C=C/c3ccccc3)=CN2C)ccc1SN1CCNCC1. The molecule has 0 spiro atoms. The molecule has 0 bridgehead atoms. The fourth-order valence-electron chi connectivity index (χ4n) is 3.70. The highest BCUT2D eigenvalue weighted by Crippen LogP contribution is 2.33. The molecule has 2 aromatic carbocycles. The Morgan fingerprint density at radius 1 is 1.12 bits per heavy atom. The van der Waals surface area contributed by atoms with Crippen LogP contribution in [-0.2, 0) is 0 Å². The van der Waals surface area contributed by atoms with E-state index < -0.39 is 0 Å². The number of nitrogens with one attached hydrogen (secondary N) is 3. The van der Waals surface area contributed by atoms with Gasteiger partial charge in [-0.05, 0) is 42.1 Å². The third-order valence-electron chi connectivity index (χ3n) is 5.52. The minimum Gasteiger partial charge on any atom is -0.384 e. The predicted molar refractivity (Wildman–Crippen MR) is 143 cm³/mol. The number of aliphatic imine (C=N–C) groups is 1. The Bertz CT molecular complexity index is 982. The van der Waals surface area contributed by atoms with Gasteiger partial charge < -0.3 is 20.9 Å². The van der Waals surface area contributed by atoms with Gasteiger partial charge in [-0.1, -0.05) is 49.4 Å². The Balaban J connectivity index is 1.41. The Morgan fingerprint density at radius 3 is 2.70 bits per heavy atom. The van der Waals surface area contributed by atoms with Gasteiger partial charge in [0.1, 0.15) is 0 Å². The summed E-state index contributed by atoms with van der Waals surface area (Å²) in [6.07, 6.45) is 9.22.